The number of anilines is 1. The Kier molecular flexibility index (Phi) is 12.2. The number of hydrogen-bond acceptors (Lipinski definition) is 4. The summed E-state index contributed by atoms with van der Waals surface area (Å²) in [5.41, 5.74) is 1.32. The lowest BCUT2D eigenvalue weighted by Gasteiger charge is -2.34. The van der Waals surface area contributed by atoms with Crippen LogP contribution in [0.2, 0.25) is 20.1 Å². The first-order valence-corrected chi connectivity index (χ1v) is 16.2. The van der Waals surface area contributed by atoms with E-state index in [2.05, 4.69) is 5.32 Å². The van der Waals surface area contributed by atoms with E-state index in [-0.39, 0.29) is 29.6 Å². The van der Waals surface area contributed by atoms with Gasteiger partial charge in [0.15, 0.2) is 0 Å². The molecule has 1 N–H and O–H groups in total. The molecule has 0 heterocycles. The number of carbonyl (C=O) groups excluding carboxylic acids is 2. The summed E-state index contributed by atoms with van der Waals surface area (Å²) in [5, 5.41) is 3.89. The normalized spacial score (nSPS) is 12.0. The van der Waals surface area contributed by atoms with E-state index in [0.29, 0.717) is 27.2 Å². The van der Waals surface area contributed by atoms with Gasteiger partial charge in [-0.3, -0.25) is 13.9 Å². The molecule has 7 nitrogen and oxygen atoms in total. The third kappa shape index (κ3) is 9.25. The van der Waals surface area contributed by atoms with Crippen molar-refractivity contribution in [1.82, 2.24) is 10.2 Å². The predicted octanol–water partition coefficient (Wildman–Crippen LogP) is 6.62. The molecule has 12 heteroatoms. The van der Waals surface area contributed by atoms with Gasteiger partial charge in [-0.2, -0.15) is 0 Å². The van der Waals surface area contributed by atoms with E-state index in [1.54, 1.807) is 18.2 Å². The zero-order valence-corrected chi connectivity index (χ0v) is 26.5. The van der Waals surface area contributed by atoms with Crippen LogP contribution in [0.1, 0.15) is 30.9 Å². The second kappa shape index (κ2) is 15.1. The van der Waals surface area contributed by atoms with Gasteiger partial charge in [0, 0.05) is 40.1 Å². The van der Waals surface area contributed by atoms with Crippen LogP contribution in [0, 0.1) is 0 Å². The van der Waals surface area contributed by atoms with Gasteiger partial charge in [0.25, 0.3) is 0 Å². The Hall–Kier alpha value is -2.49. The molecule has 3 aromatic rings. The van der Waals surface area contributed by atoms with Crippen LogP contribution in [0.4, 0.5) is 5.69 Å². The van der Waals surface area contributed by atoms with Gasteiger partial charge >= 0.3 is 0 Å². The van der Waals surface area contributed by atoms with Crippen LogP contribution in [-0.4, -0.2) is 50.5 Å². The number of unbranched alkanes of at least 4 members (excludes halogenated alkanes) is 1. The lowest BCUT2D eigenvalue weighted by atomic mass is 10.0. The van der Waals surface area contributed by atoms with Gasteiger partial charge in [-0.05, 0) is 42.3 Å². The van der Waals surface area contributed by atoms with Crippen molar-refractivity contribution in [3.8, 4) is 0 Å². The summed E-state index contributed by atoms with van der Waals surface area (Å²) in [5.74, 6) is -1.03. The monoisotopic (exact) mass is 657 g/mol. The van der Waals surface area contributed by atoms with Gasteiger partial charge in [-0.25, -0.2) is 8.42 Å². The maximum absolute atomic E-state index is 14.1. The highest BCUT2D eigenvalue weighted by Gasteiger charge is 2.34. The molecule has 220 valence electrons. The van der Waals surface area contributed by atoms with E-state index in [9.17, 15) is 18.0 Å². The summed E-state index contributed by atoms with van der Waals surface area (Å²) >= 11 is 25.3. The van der Waals surface area contributed by atoms with Crippen molar-refractivity contribution < 1.29 is 18.0 Å². The van der Waals surface area contributed by atoms with E-state index >= 15 is 0 Å². The number of carbonyl (C=O) groups is 2. The Morgan fingerprint density at radius 1 is 0.902 bits per heavy atom. The standard InChI is InChI=1S/C29H31Cl4N3O4S/c1-3-4-15-34-29(38)27(16-20-9-6-5-7-10-20)35(18-22-23(31)11-8-12-24(22)32)28(37)19-36(41(2,39)40)26-14-13-21(30)17-25(26)33/h5-14,17,27H,3-4,15-16,18-19H2,1-2H3,(H,34,38). The molecule has 0 radical (unpaired) electrons. The molecule has 0 bridgehead atoms. The van der Waals surface area contributed by atoms with Gasteiger partial charge in [0.2, 0.25) is 21.8 Å². The van der Waals surface area contributed by atoms with Gasteiger partial charge in [0.05, 0.1) is 17.0 Å². The molecular formula is C29H31Cl4N3O4S. The van der Waals surface area contributed by atoms with Crippen LogP contribution in [0.3, 0.4) is 0 Å². The maximum atomic E-state index is 14.1. The molecule has 0 saturated carbocycles. The van der Waals surface area contributed by atoms with E-state index in [1.807, 2.05) is 37.3 Å². The van der Waals surface area contributed by atoms with Crippen molar-refractivity contribution in [3.05, 3.63) is 97.9 Å². The first-order chi connectivity index (χ1) is 19.4. The highest BCUT2D eigenvalue weighted by atomic mass is 35.5. The Labute approximate surface area is 261 Å². The molecule has 0 spiro atoms. The molecule has 0 aromatic heterocycles. The molecule has 0 aliphatic heterocycles. The van der Waals surface area contributed by atoms with Crippen molar-refractivity contribution >= 4 is 73.9 Å². The van der Waals surface area contributed by atoms with Crippen LogP contribution in [0.25, 0.3) is 0 Å². The Morgan fingerprint density at radius 3 is 2.15 bits per heavy atom. The van der Waals surface area contributed by atoms with Crippen LogP contribution in [0.5, 0.6) is 0 Å². The fourth-order valence-corrected chi connectivity index (χ4v) is 6.13. The number of hydrogen-bond donors (Lipinski definition) is 1. The minimum atomic E-state index is -3.99. The minimum absolute atomic E-state index is 0.0505. The van der Waals surface area contributed by atoms with Crippen molar-refractivity contribution in [2.45, 2.75) is 38.8 Å². The highest BCUT2D eigenvalue weighted by molar-refractivity contribution is 7.92. The molecule has 0 aliphatic rings. The molecule has 1 atom stereocenters. The number of rotatable bonds is 13. The van der Waals surface area contributed by atoms with Crippen molar-refractivity contribution in [1.29, 1.82) is 0 Å². The van der Waals surface area contributed by atoms with Gasteiger partial charge in [0.1, 0.15) is 12.6 Å². The summed E-state index contributed by atoms with van der Waals surface area (Å²) in [6, 6.07) is 17.5. The first-order valence-electron chi connectivity index (χ1n) is 12.9. The topological polar surface area (TPSA) is 86.8 Å². The van der Waals surface area contributed by atoms with Crippen molar-refractivity contribution in [3.63, 3.8) is 0 Å². The molecule has 0 fully saturated rings. The second-order valence-electron chi connectivity index (χ2n) is 9.44. The quantitative estimate of drug-likeness (QED) is 0.209. The Bertz CT molecular complexity index is 1450. The number of nitrogens with one attached hydrogen (secondary N) is 1. The fourth-order valence-electron chi connectivity index (χ4n) is 4.19. The molecule has 41 heavy (non-hydrogen) atoms. The third-order valence-corrected chi connectivity index (χ3v) is 8.72. The number of amides is 2. The molecule has 1 unspecified atom stereocenters. The Morgan fingerprint density at radius 2 is 1.56 bits per heavy atom. The average molecular weight is 659 g/mol. The molecule has 3 aromatic carbocycles. The Balaban J connectivity index is 2.10. The van der Waals surface area contributed by atoms with E-state index < -0.39 is 28.5 Å². The number of nitrogens with zero attached hydrogens (tertiary/aromatic N) is 2. The predicted molar refractivity (Wildman–Crippen MR) is 168 cm³/mol. The lowest BCUT2D eigenvalue weighted by Crippen LogP contribution is -2.53. The van der Waals surface area contributed by atoms with Crippen molar-refractivity contribution in [2.24, 2.45) is 0 Å². The van der Waals surface area contributed by atoms with Crippen LogP contribution in [0.15, 0.2) is 66.7 Å². The van der Waals surface area contributed by atoms with E-state index in [1.165, 1.54) is 23.1 Å². The van der Waals surface area contributed by atoms with Gasteiger partial charge < -0.3 is 10.2 Å². The molecule has 0 aliphatic carbocycles. The van der Waals surface area contributed by atoms with Crippen LogP contribution >= 0.6 is 46.4 Å². The average Bonchev–Trinajstić information content (AvgIpc) is 2.91. The van der Waals surface area contributed by atoms with E-state index in [4.69, 9.17) is 46.4 Å². The molecule has 2 amide bonds. The minimum Gasteiger partial charge on any atom is -0.354 e. The third-order valence-electron chi connectivity index (χ3n) is 6.35. The summed E-state index contributed by atoms with van der Waals surface area (Å²) in [4.78, 5) is 29.1. The second-order valence-corrected chi connectivity index (χ2v) is 13.0. The molecule has 3 rings (SSSR count). The smallest absolute Gasteiger partial charge is 0.244 e. The molecule has 0 saturated heterocycles. The first kappa shape index (κ1) is 33.0. The van der Waals surface area contributed by atoms with Crippen LogP contribution < -0.4 is 9.62 Å². The number of sulfonamides is 1. The summed E-state index contributed by atoms with van der Waals surface area (Å²) in [6.07, 6.45) is 2.77. The molecular weight excluding hydrogens is 628 g/mol. The highest BCUT2D eigenvalue weighted by Crippen LogP contribution is 2.31. The summed E-state index contributed by atoms with van der Waals surface area (Å²) in [6.45, 7) is 1.66. The fraction of sp³-hybridized carbons (Fsp3) is 0.310. The SMILES string of the molecule is CCCCNC(=O)C(Cc1ccccc1)N(Cc1c(Cl)cccc1Cl)C(=O)CN(c1ccc(Cl)cc1Cl)S(C)(=O)=O. The zero-order chi connectivity index (χ0) is 30.2. The maximum Gasteiger partial charge on any atom is 0.244 e. The van der Waals surface area contributed by atoms with Gasteiger partial charge in [-0.1, -0.05) is 96.1 Å². The zero-order valence-electron chi connectivity index (χ0n) is 22.6. The lowest BCUT2D eigenvalue weighted by molar-refractivity contribution is -0.140. The largest absolute Gasteiger partial charge is 0.354 e. The van der Waals surface area contributed by atoms with Gasteiger partial charge in [-0.15, -0.1) is 0 Å². The number of benzene rings is 3. The van der Waals surface area contributed by atoms with E-state index in [0.717, 1.165) is 29.0 Å². The summed E-state index contributed by atoms with van der Waals surface area (Å²) < 4.78 is 26.7. The van der Waals surface area contributed by atoms with Crippen LogP contribution in [-0.2, 0) is 32.6 Å². The van der Waals surface area contributed by atoms with Crippen molar-refractivity contribution in [2.75, 3.05) is 23.7 Å². The number of halogens is 4. The summed E-state index contributed by atoms with van der Waals surface area (Å²) in [7, 11) is -3.99.